The molecule has 0 fully saturated rings. The van der Waals surface area contributed by atoms with Crippen molar-refractivity contribution in [2.45, 2.75) is 26.8 Å². The maximum absolute atomic E-state index is 5.99. The zero-order chi connectivity index (χ0) is 11.2. The standard InChI is InChI=1S/C13H18N2/c1-8-5-9(2)13-11(10(3)14)7-15(4)12(13)6-8/h5-7,10H,14H2,1-4H3. The van der Waals surface area contributed by atoms with Crippen molar-refractivity contribution in [3.05, 3.63) is 35.0 Å². The molecular formula is C13H18N2. The van der Waals surface area contributed by atoms with Crippen LogP contribution in [-0.2, 0) is 7.05 Å². The van der Waals surface area contributed by atoms with Crippen LogP contribution in [0.25, 0.3) is 10.9 Å². The van der Waals surface area contributed by atoms with Crippen molar-refractivity contribution in [1.29, 1.82) is 0 Å². The van der Waals surface area contributed by atoms with Crippen molar-refractivity contribution in [1.82, 2.24) is 4.57 Å². The normalized spacial score (nSPS) is 13.4. The van der Waals surface area contributed by atoms with E-state index in [1.54, 1.807) is 0 Å². The van der Waals surface area contributed by atoms with Crippen molar-refractivity contribution in [3.63, 3.8) is 0 Å². The van der Waals surface area contributed by atoms with Crippen LogP contribution in [0.3, 0.4) is 0 Å². The molecule has 1 aromatic carbocycles. The van der Waals surface area contributed by atoms with Crippen molar-refractivity contribution in [2.75, 3.05) is 0 Å². The molecule has 15 heavy (non-hydrogen) atoms. The number of benzene rings is 1. The van der Waals surface area contributed by atoms with E-state index in [0.29, 0.717) is 0 Å². The Balaban J connectivity index is 2.87. The first-order chi connectivity index (χ1) is 7.00. The third kappa shape index (κ3) is 1.55. The number of aromatic nitrogens is 1. The molecular weight excluding hydrogens is 184 g/mol. The number of hydrogen-bond donors (Lipinski definition) is 1. The first-order valence-corrected chi connectivity index (χ1v) is 5.32. The van der Waals surface area contributed by atoms with Crippen LogP contribution in [0.1, 0.15) is 29.7 Å². The summed E-state index contributed by atoms with van der Waals surface area (Å²) in [5.41, 5.74) is 11.1. The number of rotatable bonds is 1. The van der Waals surface area contributed by atoms with Gasteiger partial charge in [-0.15, -0.1) is 0 Å². The maximum atomic E-state index is 5.99. The Hall–Kier alpha value is -1.28. The second kappa shape index (κ2) is 3.38. The summed E-state index contributed by atoms with van der Waals surface area (Å²) >= 11 is 0. The molecule has 1 atom stereocenters. The second-order valence-electron chi connectivity index (χ2n) is 4.46. The molecule has 0 aliphatic rings. The van der Waals surface area contributed by atoms with Crippen molar-refractivity contribution in [3.8, 4) is 0 Å². The average Bonchev–Trinajstić information content (AvgIpc) is 2.44. The highest BCUT2D eigenvalue weighted by molar-refractivity contribution is 5.88. The smallest absolute Gasteiger partial charge is 0.0486 e. The van der Waals surface area contributed by atoms with Gasteiger partial charge in [-0.3, -0.25) is 0 Å². The molecule has 2 aromatic rings. The lowest BCUT2D eigenvalue weighted by molar-refractivity contribution is 0.814. The molecule has 2 rings (SSSR count). The van der Waals surface area contributed by atoms with Crippen LogP contribution in [-0.4, -0.2) is 4.57 Å². The fourth-order valence-corrected chi connectivity index (χ4v) is 2.29. The van der Waals surface area contributed by atoms with E-state index in [9.17, 15) is 0 Å². The van der Waals surface area contributed by atoms with Gasteiger partial charge in [0.25, 0.3) is 0 Å². The average molecular weight is 202 g/mol. The molecule has 0 spiro atoms. The number of nitrogens with zero attached hydrogens (tertiary/aromatic N) is 1. The summed E-state index contributed by atoms with van der Waals surface area (Å²) in [6.07, 6.45) is 2.14. The Kier molecular flexibility index (Phi) is 2.31. The first kappa shape index (κ1) is 10.2. The van der Waals surface area contributed by atoms with Crippen LogP contribution in [0.15, 0.2) is 18.3 Å². The van der Waals surface area contributed by atoms with E-state index < -0.39 is 0 Å². The summed E-state index contributed by atoms with van der Waals surface area (Å²) in [5.74, 6) is 0. The topological polar surface area (TPSA) is 30.9 Å². The van der Waals surface area contributed by atoms with E-state index in [1.165, 1.54) is 27.6 Å². The number of nitrogens with two attached hydrogens (primary N) is 1. The minimum atomic E-state index is 0.0927. The van der Waals surface area contributed by atoms with Crippen LogP contribution < -0.4 is 5.73 Å². The molecule has 0 amide bonds. The van der Waals surface area contributed by atoms with E-state index in [4.69, 9.17) is 5.73 Å². The Labute approximate surface area is 90.7 Å². The van der Waals surface area contributed by atoms with Crippen LogP contribution >= 0.6 is 0 Å². The van der Waals surface area contributed by atoms with Gasteiger partial charge < -0.3 is 10.3 Å². The van der Waals surface area contributed by atoms with Crippen molar-refractivity contribution >= 4 is 10.9 Å². The van der Waals surface area contributed by atoms with Gasteiger partial charge in [-0.2, -0.15) is 0 Å². The van der Waals surface area contributed by atoms with Gasteiger partial charge in [-0.05, 0) is 43.5 Å². The number of fused-ring (bicyclic) bond motifs is 1. The molecule has 1 heterocycles. The predicted octanol–water partition coefficient (Wildman–Crippen LogP) is 2.81. The van der Waals surface area contributed by atoms with Crippen LogP contribution in [0.2, 0.25) is 0 Å². The lowest BCUT2D eigenvalue weighted by Crippen LogP contribution is -2.04. The highest BCUT2D eigenvalue weighted by atomic mass is 14.9. The van der Waals surface area contributed by atoms with Gasteiger partial charge in [0.15, 0.2) is 0 Å². The third-order valence-corrected chi connectivity index (χ3v) is 2.95. The Morgan fingerprint density at radius 3 is 2.53 bits per heavy atom. The zero-order valence-electron chi connectivity index (χ0n) is 9.83. The summed E-state index contributed by atoms with van der Waals surface area (Å²) in [5, 5.41) is 1.32. The van der Waals surface area contributed by atoms with Gasteiger partial charge in [0.05, 0.1) is 0 Å². The minimum absolute atomic E-state index is 0.0927. The Morgan fingerprint density at radius 1 is 1.27 bits per heavy atom. The largest absolute Gasteiger partial charge is 0.350 e. The van der Waals surface area contributed by atoms with Crippen LogP contribution in [0, 0.1) is 13.8 Å². The fraction of sp³-hybridized carbons (Fsp3) is 0.385. The molecule has 1 unspecified atom stereocenters. The minimum Gasteiger partial charge on any atom is -0.350 e. The lowest BCUT2D eigenvalue weighted by Gasteiger charge is -2.06. The number of aryl methyl sites for hydroxylation is 3. The predicted molar refractivity (Wildman–Crippen MR) is 65.0 cm³/mol. The Bertz CT molecular complexity index is 507. The number of hydrogen-bond acceptors (Lipinski definition) is 1. The summed E-state index contributed by atoms with van der Waals surface area (Å²) in [4.78, 5) is 0. The van der Waals surface area contributed by atoms with Gasteiger partial charge in [0.2, 0.25) is 0 Å². The van der Waals surface area contributed by atoms with Gasteiger partial charge in [-0.25, -0.2) is 0 Å². The SMILES string of the molecule is Cc1cc(C)c2c(C(C)N)cn(C)c2c1. The van der Waals surface area contributed by atoms with Crippen molar-refractivity contribution < 1.29 is 0 Å². The quantitative estimate of drug-likeness (QED) is 0.757. The Morgan fingerprint density at radius 2 is 1.93 bits per heavy atom. The lowest BCUT2D eigenvalue weighted by atomic mass is 10.0. The monoisotopic (exact) mass is 202 g/mol. The molecule has 0 aliphatic heterocycles. The summed E-state index contributed by atoms with van der Waals surface area (Å²) in [6, 6.07) is 4.53. The molecule has 0 radical (unpaired) electrons. The maximum Gasteiger partial charge on any atom is 0.0486 e. The molecule has 0 aliphatic carbocycles. The van der Waals surface area contributed by atoms with Gasteiger partial charge >= 0.3 is 0 Å². The van der Waals surface area contributed by atoms with Crippen LogP contribution in [0.4, 0.5) is 0 Å². The molecule has 80 valence electrons. The summed E-state index contributed by atoms with van der Waals surface area (Å²) in [7, 11) is 2.08. The summed E-state index contributed by atoms with van der Waals surface area (Å²) in [6.45, 7) is 6.32. The zero-order valence-corrected chi connectivity index (χ0v) is 9.83. The summed E-state index contributed by atoms with van der Waals surface area (Å²) < 4.78 is 2.16. The second-order valence-corrected chi connectivity index (χ2v) is 4.46. The van der Waals surface area contributed by atoms with E-state index in [-0.39, 0.29) is 6.04 Å². The van der Waals surface area contributed by atoms with E-state index in [2.05, 4.69) is 43.8 Å². The highest BCUT2D eigenvalue weighted by Crippen LogP contribution is 2.28. The third-order valence-electron chi connectivity index (χ3n) is 2.95. The molecule has 0 saturated carbocycles. The first-order valence-electron chi connectivity index (χ1n) is 5.32. The van der Waals surface area contributed by atoms with Gasteiger partial charge in [-0.1, -0.05) is 6.07 Å². The molecule has 2 N–H and O–H groups in total. The fourth-order valence-electron chi connectivity index (χ4n) is 2.29. The molecule has 2 heteroatoms. The highest BCUT2D eigenvalue weighted by Gasteiger charge is 2.12. The van der Waals surface area contributed by atoms with E-state index in [1.807, 2.05) is 6.92 Å². The van der Waals surface area contributed by atoms with E-state index >= 15 is 0 Å². The van der Waals surface area contributed by atoms with E-state index in [0.717, 1.165) is 0 Å². The van der Waals surface area contributed by atoms with Crippen molar-refractivity contribution in [2.24, 2.45) is 12.8 Å². The van der Waals surface area contributed by atoms with Crippen LogP contribution in [0.5, 0.6) is 0 Å². The molecule has 2 nitrogen and oxygen atoms in total. The van der Waals surface area contributed by atoms with Gasteiger partial charge in [0.1, 0.15) is 0 Å². The molecule has 1 aromatic heterocycles. The molecule has 0 saturated heterocycles. The van der Waals surface area contributed by atoms with Gasteiger partial charge in [0, 0.05) is 30.2 Å². The molecule has 0 bridgehead atoms.